The van der Waals surface area contributed by atoms with Crippen molar-refractivity contribution >= 4 is 17.5 Å². The predicted molar refractivity (Wildman–Crippen MR) is 74.3 cm³/mol. The number of hydrogen-bond donors (Lipinski definition) is 0. The molecular formula is C16H12F2OS. The maximum Gasteiger partial charge on any atom is 0.163 e. The number of benzene rings is 2. The van der Waals surface area contributed by atoms with Crippen LogP contribution in [0.15, 0.2) is 40.1 Å². The molecule has 2 aromatic rings. The summed E-state index contributed by atoms with van der Waals surface area (Å²) in [5.74, 6) is -1.03. The Morgan fingerprint density at radius 1 is 1.05 bits per heavy atom. The van der Waals surface area contributed by atoms with Crippen molar-refractivity contribution in [2.45, 2.75) is 29.6 Å². The summed E-state index contributed by atoms with van der Waals surface area (Å²) in [5.41, 5.74) is 2.81. The zero-order chi connectivity index (χ0) is 14.3. The summed E-state index contributed by atoms with van der Waals surface area (Å²) >= 11 is 1.22. The molecule has 0 spiro atoms. The molecule has 2 aromatic carbocycles. The molecule has 0 saturated carbocycles. The lowest BCUT2D eigenvalue weighted by Crippen LogP contribution is -1.94. The van der Waals surface area contributed by atoms with Crippen molar-refractivity contribution in [3.8, 4) is 0 Å². The van der Waals surface area contributed by atoms with E-state index in [0.29, 0.717) is 11.3 Å². The van der Waals surface area contributed by atoms with Gasteiger partial charge < -0.3 is 0 Å². The Bertz CT molecular complexity index is 710. The SMILES string of the molecule is Cc1cc2c(cc1Sc1ccc(F)cc1F)C(=O)CC2. The number of ketones is 1. The molecule has 0 fully saturated rings. The van der Waals surface area contributed by atoms with E-state index in [4.69, 9.17) is 0 Å². The fourth-order valence-corrected chi connectivity index (χ4v) is 3.31. The second-order valence-electron chi connectivity index (χ2n) is 4.87. The van der Waals surface area contributed by atoms with Gasteiger partial charge >= 0.3 is 0 Å². The monoisotopic (exact) mass is 290 g/mol. The number of rotatable bonds is 2. The number of halogens is 2. The molecule has 0 unspecified atom stereocenters. The van der Waals surface area contributed by atoms with Crippen LogP contribution in [0.1, 0.15) is 27.9 Å². The van der Waals surface area contributed by atoms with Crippen LogP contribution in [0.3, 0.4) is 0 Å². The quantitative estimate of drug-likeness (QED) is 0.807. The molecule has 3 rings (SSSR count). The highest BCUT2D eigenvalue weighted by atomic mass is 32.2. The summed E-state index contributed by atoms with van der Waals surface area (Å²) < 4.78 is 26.6. The number of fused-ring (bicyclic) bond motifs is 1. The van der Waals surface area contributed by atoms with Gasteiger partial charge in [0.2, 0.25) is 0 Å². The molecule has 1 aliphatic carbocycles. The minimum absolute atomic E-state index is 0.140. The average molecular weight is 290 g/mol. The predicted octanol–water partition coefficient (Wildman–Crippen LogP) is 4.55. The fraction of sp³-hybridized carbons (Fsp3) is 0.188. The Hall–Kier alpha value is -1.68. The summed E-state index contributed by atoms with van der Waals surface area (Å²) in [6.07, 6.45) is 1.33. The molecule has 0 atom stereocenters. The summed E-state index contributed by atoms with van der Waals surface area (Å²) in [6.45, 7) is 1.94. The van der Waals surface area contributed by atoms with Gasteiger partial charge in [0.25, 0.3) is 0 Å². The van der Waals surface area contributed by atoms with E-state index in [1.54, 1.807) is 0 Å². The summed E-state index contributed by atoms with van der Waals surface area (Å²) in [5, 5.41) is 0. The molecule has 1 nitrogen and oxygen atoms in total. The third-order valence-corrected chi connectivity index (χ3v) is 4.65. The zero-order valence-corrected chi connectivity index (χ0v) is 11.7. The van der Waals surface area contributed by atoms with Gasteiger partial charge in [-0.3, -0.25) is 4.79 Å². The van der Waals surface area contributed by atoms with Gasteiger partial charge in [0.1, 0.15) is 11.6 Å². The molecule has 102 valence electrons. The van der Waals surface area contributed by atoms with Crippen LogP contribution >= 0.6 is 11.8 Å². The van der Waals surface area contributed by atoms with Crippen LogP contribution in [-0.4, -0.2) is 5.78 Å². The highest BCUT2D eigenvalue weighted by Gasteiger charge is 2.21. The van der Waals surface area contributed by atoms with Crippen molar-refractivity contribution in [1.82, 2.24) is 0 Å². The first-order valence-corrected chi connectivity index (χ1v) is 7.16. The van der Waals surface area contributed by atoms with Crippen molar-refractivity contribution in [2.75, 3.05) is 0 Å². The van der Waals surface area contributed by atoms with Gasteiger partial charge in [-0.1, -0.05) is 17.8 Å². The maximum absolute atomic E-state index is 13.7. The van der Waals surface area contributed by atoms with Crippen LogP contribution in [0.5, 0.6) is 0 Å². The van der Waals surface area contributed by atoms with Crippen LogP contribution in [0.4, 0.5) is 8.78 Å². The largest absolute Gasteiger partial charge is 0.294 e. The van der Waals surface area contributed by atoms with E-state index in [1.165, 1.54) is 23.9 Å². The molecule has 0 heterocycles. The lowest BCUT2D eigenvalue weighted by Gasteiger charge is -2.09. The summed E-state index contributed by atoms with van der Waals surface area (Å²) in [7, 11) is 0. The van der Waals surface area contributed by atoms with E-state index in [0.717, 1.165) is 34.1 Å². The smallest absolute Gasteiger partial charge is 0.163 e. The molecule has 0 amide bonds. The number of Topliss-reactive ketones (excluding diaryl/α,β-unsaturated/α-hetero) is 1. The Balaban J connectivity index is 1.99. The zero-order valence-electron chi connectivity index (χ0n) is 10.9. The van der Waals surface area contributed by atoms with E-state index in [9.17, 15) is 13.6 Å². The second-order valence-corrected chi connectivity index (χ2v) is 5.96. The molecule has 1 aliphatic rings. The van der Waals surface area contributed by atoms with Gasteiger partial charge in [0, 0.05) is 27.8 Å². The van der Waals surface area contributed by atoms with Gasteiger partial charge in [0.15, 0.2) is 5.78 Å². The normalized spacial score (nSPS) is 13.7. The lowest BCUT2D eigenvalue weighted by molar-refractivity contribution is 0.0994. The molecule has 20 heavy (non-hydrogen) atoms. The molecule has 0 aliphatic heterocycles. The third kappa shape index (κ3) is 2.36. The van der Waals surface area contributed by atoms with Crippen LogP contribution in [0.25, 0.3) is 0 Å². The number of aryl methyl sites for hydroxylation is 2. The molecular weight excluding hydrogens is 278 g/mol. The first kappa shape index (κ1) is 13.3. The fourth-order valence-electron chi connectivity index (χ4n) is 2.38. The van der Waals surface area contributed by atoms with E-state index < -0.39 is 11.6 Å². The number of carbonyl (C=O) groups is 1. The standard InChI is InChI=1S/C16H12F2OS/c1-9-6-10-2-4-14(19)12(10)8-16(9)20-15-5-3-11(17)7-13(15)18/h3,5-8H,2,4H2,1H3. The van der Waals surface area contributed by atoms with E-state index in [1.807, 2.05) is 19.1 Å². The van der Waals surface area contributed by atoms with Gasteiger partial charge in [-0.15, -0.1) is 0 Å². The van der Waals surface area contributed by atoms with Gasteiger partial charge in [0.05, 0.1) is 0 Å². The first-order chi connectivity index (χ1) is 9.54. The first-order valence-electron chi connectivity index (χ1n) is 6.34. The Morgan fingerprint density at radius 3 is 2.60 bits per heavy atom. The Kier molecular flexibility index (Phi) is 3.34. The summed E-state index contributed by atoms with van der Waals surface area (Å²) in [4.78, 5) is 13.0. The number of carbonyl (C=O) groups excluding carboxylic acids is 1. The molecule has 0 saturated heterocycles. The van der Waals surface area contributed by atoms with E-state index in [-0.39, 0.29) is 5.78 Å². The van der Waals surface area contributed by atoms with Crippen LogP contribution in [-0.2, 0) is 6.42 Å². The van der Waals surface area contributed by atoms with Crippen molar-refractivity contribution in [1.29, 1.82) is 0 Å². The molecule has 0 bridgehead atoms. The highest BCUT2D eigenvalue weighted by molar-refractivity contribution is 7.99. The molecule has 4 heteroatoms. The van der Waals surface area contributed by atoms with Crippen molar-refractivity contribution in [3.63, 3.8) is 0 Å². The summed E-state index contributed by atoms with van der Waals surface area (Å²) in [6, 6.07) is 7.34. The number of hydrogen-bond acceptors (Lipinski definition) is 2. The van der Waals surface area contributed by atoms with Crippen molar-refractivity contribution < 1.29 is 13.6 Å². The minimum atomic E-state index is -0.590. The van der Waals surface area contributed by atoms with E-state index in [2.05, 4.69) is 0 Å². The van der Waals surface area contributed by atoms with Crippen LogP contribution in [0, 0.1) is 18.6 Å². The van der Waals surface area contributed by atoms with Crippen LogP contribution in [0.2, 0.25) is 0 Å². The third-order valence-electron chi connectivity index (χ3n) is 3.44. The van der Waals surface area contributed by atoms with Gasteiger partial charge in [-0.2, -0.15) is 0 Å². The molecule has 0 N–H and O–H groups in total. The van der Waals surface area contributed by atoms with Crippen LogP contribution < -0.4 is 0 Å². The Labute approximate surface area is 120 Å². The maximum atomic E-state index is 13.7. The van der Waals surface area contributed by atoms with Crippen molar-refractivity contribution in [3.05, 3.63) is 58.7 Å². The lowest BCUT2D eigenvalue weighted by atomic mass is 10.1. The average Bonchev–Trinajstić information content (AvgIpc) is 2.74. The molecule has 0 radical (unpaired) electrons. The minimum Gasteiger partial charge on any atom is -0.294 e. The van der Waals surface area contributed by atoms with Crippen molar-refractivity contribution in [2.24, 2.45) is 0 Å². The van der Waals surface area contributed by atoms with Gasteiger partial charge in [-0.25, -0.2) is 8.78 Å². The van der Waals surface area contributed by atoms with Gasteiger partial charge in [-0.05, 0) is 42.7 Å². The second kappa shape index (κ2) is 5.02. The molecule has 0 aromatic heterocycles. The Morgan fingerprint density at radius 2 is 1.85 bits per heavy atom. The topological polar surface area (TPSA) is 17.1 Å². The van der Waals surface area contributed by atoms with E-state index >= 15 is 0 Å². The highest BCUT2D eigenvalue weighted by Crippen LogP contribution is 2.36.